The van der Waals surface area contributed by atoms with E-state index < -0.39 is 0 Å². The molecule has 3 rings (SSSR count). The van der Waals surface area contributed by atoms with E-state index in [4.69, 9.17) is 10.2 Å². The van der Waals surface area contributed by atoms with Gasteiger partial charge >= 0.3 is 0 Å². The molecule has 2 amide bonds. The molecule has 0 spiro atoms. The van der Waals surface area contributed by atoms with E-state index in [0.29, 0.717) is 24.3 Å². The Labute approximate surface area is 152 Å². The third-order valence-electron chi connectivity index (χ3n) is 4.14. The van der Waals surface area contributed by atoms with Crippen molar-refractivity contribution in [3.63, 3.8) is 0 Å². The standard InChI is InChI=1S/C18H21N3O3.ClH/c19-10-16-9-14(12-24-16)18(23)20-11-13-4-6-15(7-5-13)21-8-2-1-3-17(21)22;/h4-7,9,12H,1-3,8,10-11,19H2,(H,20,23);1H. The fourth-order valence-corrected chi connectivity index (χ4v) is 2.76. The number of nitrogens with zero attached hydrogens (tertiary/aromatic N) is 1. The van der Waals surface area contributed by atoms with Crippen LogP contribution in [0.2, 0.25) is 0 Å². The number of furan rings is 1. The number of halogens is 1. The van der Waals surface area contributed by atoms with Crippen LogP contribution in [0.1, 0.15) is 40.9 Å². The highest BCUT2D eigenvalue weighted by atomic mass is 35.5. The van der Waals surface area contributed by atoms with E-state index in [1.54, 1.807) is 6.07 Å². The quantitative estimate of drug-likeness (QED) is 0.854. The van der Waals surface area contributed by atoms with E-state index in [9.17, 15) is 9.59 Å². The van der Waals surface area contributed by atoms with Crippen LogP contribution in [0.25, 0.3) is 0 Å². The third kappa shape index (κ3) is 4.61. The molecule has 1 aromatic carbocycles. The molecular formula is C18H22ClN3O3. The minimum atomic E-state index is -0.200. The highest BCUT2D eigenvalue weighted by Crippen LogP contribution is 2.21. The maximum absolute atomic E-state index is 12.0. The van der Waals surface area contributed by atoms with E-state index >= 15 is 0 Å². The SMILES string of the molecule is Cl.NCc1cc(C(=O)NCc2ccc(N3CCCCC3=O)cc2)co1. The van der Waals surface area contributed by atoms with Crippen molar-refractivity contribution in [3.05, 3.63) is 53.5 Å². The van der Waals surface area contributed by atoms with Gasteiger partial charge in [-0.05, 0) is 36.6 Å². The van der Waals surface area contributed by atoms with E-state index in [1.165, 1.54) is 6.26 Å². The molecule has 1 fully saturated rings. The molecule has 0 radical (unpaired) electrons. The van der Waals surface area contributed by atoms with Crippen molar-refractivity contribution in [2.75, 3.05) is 11.4 Å². The number of amides is 2. The molecule has 0 saturated carbocycles. The van der Waals surface area contributed by atoms with E-state index in [0.717, 1.165) is 30.6 Å². The Kier molecular flexibility index (Phi) is 6.61. The van der Waals surface area contributed by atoms with Crippen LogP contribution in [0.5, 0.6) is 0 Å². The van der Waals surface area contributed by atoms with Gasteiger partial charge in [-0.1, -0.05) is 12.1 Å². The summed E-state index contributed by atoms with van der Waals surface area (Å²) >= 11 is 0. The summed E-state index contributed by atoms with van der Waals surface area (Å²) in [6.07, 6.45) is 4.04. The number of carbonyl (C=O) groups excluding carboxylic acids is 2. The number of nitrogens with two attached hydrogens (primary N) is 1. The minimum Gasteiger partial charge on any atom is -0.467 e. The number of nitrogens with one attached hydrogen (secondary N) is 1. The van der Waals surface area contributed by atoms with Crippen LogP contribution in [0.4, 0.5) is 5.69 Å². The van der Waals surface area contributed by atoms with Crippen molar-refractivity contribution in [2.45, 2.75) is 32.4 Å². The highest BCUT2D eigenvalue weighted by molar-refractivity contribution is 5.94. The number of rotatable bonds is 5. The first-order valence-electron chi connectivity index (χ1n) is 8.12. The second-order valence-corrected chi connectivity index (χ2v) is 5.86. The number of hydrogen-bond acceptors (Lipinski definition) is 4. The molecule has 3 N–H and O–H groups in total. The molecule has 1 aliphatic heterocycles. The molecule has 0 aliphatic carbocycles. The lowest BCUT2D eigenvalue weighted by Gasteiger charge is -2.26. The summed E-state index contributed by atoms with van der Waals surface area (Å²) in [4.78, 5) is 25.8. The van der Waals surface area contributed by atoms with E-state index in [1.807, 2.05) is 29.2 Å². The Hall–Kier alpha value is -2.31. The van der Waals surface area contributed by atoms with Crippen molar-refractivity contribution >= 4 is 29.9 Å². The van der Waals surface area contributed by atoms with Crippen molar-refractivity contribution in [1.29, 1.82) is 0 Å². The van der Waals surface area contributed by atoms with Gasteiger partial charge in [0.15, 0.2) is 0 Å². The molecule has 1 aliphatic rings. The molecule has 0 bridgehead atoms. The summed E-state index contributed by atoms with van der Waals surface area (Å²) in [5.74, 6) is 0.558. The average molecular weight is 364 g/mol. The van der Waals surface area contributed by atoms with E-state index in [-0.39, 0.29) is 30.8 Å². The summed E-state index contributed by atoms with van der Waals surface area (Å²) in [5.41, 5.74) is 7.81. The lowest BCUT2D eigenvalue weighted by atomic mass is 10.1. The summed E-state index contributed by atoms with van der Waals surface area (Å²) in [5, 5.41) is 2.84. The number of benzene rings is 1. The van der Waals surface area contributed by atoms with Gasteiger partial charge in [0.05, 0.1) is 12.1 Å². The van der Waals surface area contributed by atoms with Gasteiger partial charge in [-0.25, -0.2) is 0 Å². The molecule has 1 saturated heterocycles. The zero-order chi connectivity index (χ0) is 16.9. The average Bonchev–Trinajstić information content (AvgIpc) is 3.10. The Morgan fingerprint density at radius 1 is 1.24 bits per heavy atom. The zero-order valence-electron chi connectivity index (χ0n) is 13.9. The van der Waals surface area contributed by atoms with Crippen LogP contribution in [0.15, 0.2) is 41.0 Å². The van der Waals surface area contributed by atoms with Crippen LogP contribution < -0.4 is 16.0 Å². The molecular weight excluding hydrogens is 342 g/mol. The van der Waals surface area contributed by atoms with Crippen LogP contribution >= 0.6 is 12.4 Å². The lowest BCUT2D eigenvalue weighted by Crippen LogP contribution is -2.35. The van der Waals surface area contributed by atoms with Gasteiger partial charge in [0.25, 0.3) is 5.91 Å². The second-order valence-electron chi connectivity index (χ2n) is 5.86. The van der Waals surface area contributed by atoms with E-state index in [2.05, 4.69) is 5.32 Å². The van der Waals surface area contributed by atoms with Crippen molar-refractivity contribution < 1.29 is 14.0 Å². The second kappa shape index (κ2) is 8.69. The van der Waals surface area contributed by atoms with Gasteiger partial charge in [-0.15, -0.1) is 12.4 Å². The number of anilines is 1. The summed E-state index contributed by atoms with van der Waals surface area (Å²) in [6.45, 7) is 1.46. The van der Waals surface area contributed by atoms with Crippen LogP contribution in [-0.4, -0.2) is 18.4 Å². The monoisotopic (exact) mass is 363 g/mol. The molecule has 6 nitrogen and oxygen atoms in total. The molecule has 2 aromatic rings. The van der Waals surface area contributed by atoms with Crippen LogP contribution in [0, 0.1) is 0 Å². The molecule has 0 unspecified atom stereocenters. The number of hydrogen-bond donors (Lipinski definition) is 2. The topological polar surface area (TPSA) is 88.6 Å². The van der Waals surface area contributed by atoms with Gasteiger partial charge in [0.2, 0.25) is 5.91 Å². The van der Waals surface area contributed by atoms with Crippen LogP contribution in [0.3, 0.4) is 0 Å². The van der Waals surface area contributed by atoms with Crippen molar-refractivity contribution in [3.8, 4) is 0 Å². The Morgan fingerprint density at radius 2 is 2.00 bits per heavy atom. The maximum Gasteiger partial charge on any atom is 0.254 e. The maximum atomic E-state index is 12.0. The Morgan fingerprint density at radius 3 is 2.64 bits per heavy atom. The van der Waals surface area contributed by atoms with Crippen LogP contribution in [-0.2, 0) is 17.9 Å². The van der Waals surface area contributed by atoms with Gasteiger partial charge in [-0.2, -0.15) is 0 Å². The third-order valence-corrected chi connectivity index (χ3v) is 4.14. The van der Waals surface area contributed by atoms with Gasteiger partial charge in [0, 0.05) is 25.2 Å². The molecule has 134 valence electrons. The lowest BCUT2D eigenvalue weighted by molar-refractivity contribution is -0.119. The molecule has 1 aromatic heterocycles. The minimum absolute atomic E-state index is 0. The van der Waals surface area contributed by atoms with Crippen molar-refractivity contribution in [2.24, 2.45) is 5.73 Å². The molecule has 2 heterocycles. The summed E-state index contributed by atoms with van der Waals surface area (Å²) in [7, 11) is 0. The molecule has 25 heavy (non-hydrogen) atoms. The van der Waals surface area contributed by atoms with Gasteiger partial charge in [0.1, 0.15) is 12.0 Å². The largest absolute Gasteiger partial charge is 0.467 e. The summed E-state index contributed by atoms with van der Waals surface area (Å²) < 4.78 is 5.16. The first kappa shape index (κ1) is 19.0. The zero-order valence-corrected chi connectivity index (χ0v) is 14.7. The summed E-state index contributed by atoms with van der Waals surface area (Å²) in [6, 6.07) is 9.35. The Balaban J connectivity index is 0.00000225. The number of piperidine rings is 1. The normalized spacial score (nSPS) is 14.1. The van der Waals surface area contributed by atoms with Gasteiger partial charge in [-0.3, -0.25) is 9.59 Å². The van der Waals surface area contributed by atoms with Crippen molar-refractivity contribution in [1.82, 2.24) is 5.32 Å². The molecule has 7 heteroatoms. The molecule has 0 atom stereocenters. The smallest absolute Gasteiger partial charge is 0.254 e. The fraction of sp³-hybridized carbons (Fsp3) is 0.333. The Bertz CT molecular complexity index is 727. The first-order chi connectivity index (χ1) is 11.7. The number of carbonyl (C=O) groups is 2. The fourth-order valence-electron chi connectivity index (χ4n) is 2.76. The van der Waals surface area contributed by atoms with Gasteiger partial charge < -0.3 is 20.4 Å². The highest BCUT2D eigenvalue weighted by Gasteiger charge is 2.19. The first-order valence-corrected chi connectivity index (χ1v) is 8.12. The predicted molar refractivity (Wildman–Crippen MR) is 97.7 cm³/mol. The predicted octanol–water partition coefficient (Wildman–Crippen LogP) is 2.61.